The molecule has 0 aromatic carbocycles. The van der Waals surface area contributed by atoms with Crippen LogP contribution in [0.15, 0.2) is 12.2 Å². The molecule has 1 spiro atoms. The van der Waals surface area contributed by atoms with Crippen molar-refractivity contribution in [3.05, 3.63) is 12.2 Å². The van der Waals surface area contributed by atoms with Gasteiger partial charge in [-0.15, -0.1) is 0 Å². The summed E-state index contributed by atoms with van der Waals surface area (Å²) in [5.41, 5.74) is -2.89. The minimum atomic E-state index is -1.59. The van der Waals surface area contributed by atoms with Crippen LogP contribution in [0.5, 0.6) is 0 Å². The van der Waals surface area contributed by atoms with Gasteiger partial charge >= 0.3 is 23.9 Å². The summed E-state index contributed by atoms with van der Waals surface area (Å²) in [7, 11) is 0. The van der Waals surface area contributed by atoms with E-state index in [4.69, 9.17) is 18.9 Å². The van der Waals surface area contributed by atoms with E-state index in [9.17, 15) is 24.0 Å². The molecule has 4 bridgehead atoms. The summed E-state index contributed by atoms with van der Waals surface area (Å²) in [4.78, 5) is 64.9. The minimum Gasteiger partial charge on any atom is -0.465 e. The lowest BCUT2D eigenvalue weighted by molar-refractivity contribution is -0.283. The molecule has 9 nitrogen and oxygen atoms in total. The summed E-state index contributed by atoms with van der Waals surface area (Å²) in [6, 6.07) is 0. The van der Waals surface area contributed by atoms with Gasteiger partial charge in [-0.1, -0.05) is 19.9 Å². The van der Waals surface area contributed by atoms with E-state index in [1.807, 2.05) is 0 Å². The Bertz CT molecular complexity index is 1050. The Morgan fingerprint density at radius 2 is 1.63 bits per heavy atom. The molecule has 0 radical (unpaired) electrons. The average Bonchev–Trinajstić information content (AvgIpc) is 2.87. The number of carbonyl (C=O) groups excluding carboxylic acids is 5. The molecule has 9 atom stereocenters. The number of esters is 4. The van der Waals surface area contributed by atoms with Gasteiger partial charge in [-0.3, -0.25) is 24.0 Å². The summed E-state index contributed by atoms with van der Waals surface area (Å²) >= 11 is 0. The second kappa shape index (κ2) is 7.64. The van der Waals surface area contributed by atoms with E-state index >= 15 is 0 Å². The summed E-state index contributed by atoms with van der Waals surface area (Å²) in [6.45, 7) is 10.1. The van der Waals surface area contributed by atoms with E-state index in [1.54, 1.807) is 0 Å². The SMILES string of the molecule is C=C1C(=O)C23[C@H](OC(C)=O)[C@H]1C[C@H](OC(C)=O)[C@H]2[C@@]12CCC[C@@](C)(COC1=O)[C@H]2C[C@H]3OC(C)=O. The van der Waals surface area contributed by atoms with Crippen LogP contribution in [0.4, 0.5) is 0 Å². The van der Waals surface area contributed by atoms with Gasteiger partial charge in [-0.2, -0.15) is 0 Å². The number of ether oxygens (including phenoxy) is 4. The highest BCUT2D eigenvalue weighted by molar-refractivity contribution is 6.06. The van der Waals surface area contributed by atoms with E-state index in [0.717, 1.165) is 12.8 Å². The van der Waals surface area contributed by atoms with Crippen molar-refractivity contribution in [3.63, 3.8) is 0 Å². The molecule has 1 unspecified atom stereocenters. The fourth-order valence-corrected chi connectivity index (χ4v) is 8.63. The van der Waals surface area contributed by atoms with Crippen LogP contribution in [0.2, 0.25) is 0 Å². The van der Waals surface area contributed by atoms with Crippen LogP contribution in [-0.4, -0.2) is 54.6 Å². The quantitative estimate of drug-likeness (QED) is 0.334. The van der Waals surface area contributed by atoms with Crippen molar-refractivity contribution in [3.8, 4) is 0 Å². The maximum atomic E-state index is 14.2. The van der Waals surface area contributed by atoms with E-state index < -0.39 is 70.6 Å². The first-order chi connectivity index (χ1) is 16.4. The first kappa shape index (κ1) is 24.0. The molecule has 4 saturated carbocycles. The molecular formula is C26H32O9. The molecule has 1 saturated heterocycles. The fourth-order valence-electron chi connectivity index (χ4n) is 8.63. The zero-order valence-electron chi connectivity index (χ0n) is 20.6. The molecule has 0 aromatic heterocycles. The first-order valence-corrected chi connectivity index (χ1v) is 12.3. The Hall–Kier alpha value is -2.71. The summed E-state index contributed by atoms with van der Waals surface area (Å²) in [6.07, 6.45) is -0.369. The maximum absolute atomic E-state index is 14.2. The van der Waals surface area contributed by atoms with Gasteiger partial charge in [-0.05, 0) is 37.2 Å². The Morgan fingerprint density at radius 3 is 2.26 bits per heavy atom. The van der Waals surface area contributed by atoms with Gasteiger partial charge < -0.3 is 18.9 Å². The third kappa shape index (κ3) is 2.96. The van der Waals surface area contributed by atoms with Gasteiger partial charge in [0.1, 0.15) is 23.7 Å². The first-order valence-electron chi connectivity index (χ1n) is 12.3. The zero-order valence-corrected chi connectivity index (χ0v) is 20.6. The van der Waals surface area contributed by atoms with Crippen molar-refractivity contribution in [2.45, 2.75) is 78.1 Å². The van der Waals surface area contributed by atoms with Crippen LogP contribution >= 0.6 is 0 Å². The van der Waals surface area contributed by atoms with E-state index in [2.05, 4.69) is 13.5 Å². The molecule has 4 aliphatic carbocycles. The Morgan fingerprint density at radius 1 is 0.971 bits per heavy atom. The second-order valence-corrected chi connectivity index (χ2v) is 11.3. The second-order valence-electron chi connectivity index (χ2n) is 11.3. The van der Waals surface area contributed by atoms with Crippen molar-refractivity contribution in [1.29, 1.82) is 0 Å². The standard InChI is InChI=1S/C26H32O9/c1-12-16-9-17(33-13(2)27)20-25-8-6-7-24(5,11-32-23(25)31)18(25)10-19(34-14(3)28)26(20,21(12)30)22(16)35-15(4)29/h16-20,22H,1,6-11H2,2-5H3/t16-,17-,18+,19+,20-,22+,24-,25-,26?/m0/s1. The van der Waals surface area contributed by atoms with Gasteiger partial charge in [-0.25, -0.2) is 0 Å². The Labute approximate surface area is 203 Å². The third-order valence-corrected chi connectivity index (χ3v) is 9.51. The van der Waals surface area contributed by atoms with Gasteiger partial charge in [0.2, 0.25) is 0 Å². The number of cyclic esters (lactones) is 1. The van der Waals surface area contributed by atoms with Crippen LogP contribution in [-0.2, 0) is 42.9 Å². The van der Waals surface area contributed by atoms with Crippen molar-refractivity contribution in [2.24, 2.45) is 34.0 Å². The Kier molecular flexibility index (Phi) is 5.24. The van der Waals surface area contributed by atoms with Gasteiger partial charge in [0.25, 0.3) is 0 Å². The van der Waals surface area contributed by atoms with E-state index in [-0.39, 0.29) is 36.4 Å². The molecule has 9 heteroatoms. The van der Waals surface area contributed by atoms with Crippen molar-refractivity contribution >= 4 is 29.7 Å². The molecule has 5 rings (SSSR count). The van der Waals surface area contributed by atoms with E-state index in [0.29, 0.717) is 6.42 Å². The summed E-state index contributed by atoms with van der Waals surface area (Å²) in [5, 5.41) is 0. The maximum Gasteiger partial charge on any atom is 0.312 e. The number of hydrogen-bond donors (Lipinski definition) is 0. The van der Waals surface area contributed by atoms with Gasteiger partial charge in [0, 0.05) is 38.0 Å². The van der Waals surface area contributed by atoms with Crippen molar-refractivity contribution in [2.75, 3.05) is 6.61 Å². The molecule has 1 aliphatic heterocycles. The largest absolute Gasteiger partial charge is 0.465 e. The van der Waals surface area contributed by atoms with Gasteiger partial charge in [0.05, 0.1) is 12.0 Å². The van der Waals surface area contributed by atoms with Crippen LogP contribution in [0.25, 0.3) is 0 Å². The van der Waals surface area contributed by atoms with Crippen molar-refractivity contribution < 1.29 is 42.9 Å². The van der Waals surface area contributed by atoms with Crippen LogP contribution in [0.1, 0.15) is 59.8 Å². The molecule has 5 aliphatic rings. The Balaban J connectivity index is 1.81. The topological polar surface area (TPSA) is 122 Å². The monoisotopic (exact) mass is 488 g/mol. The smallest absolute Gasteiger partial charge is 0.312 e. The van der Waals surface area contributed by atoms with Crippen molar-refractivity contribution in [1.82, 2.24) is 0 Å². The third-order valence-electron chi connectivity index (χ3n) is 9.51. The molecule has 0 N–H and O–H groups in total. The average molecular weight is 489 g/mol. The number of carbonyl (C=O) groups is 5. The lowest BCUT2D eigenvalue weighted by Crippen LogP contribution is -2.75. The molecule has 0 amide bonds. The van der Waals surface area contributed by atoms with Crippen LogP contribution in [0, 0.1) is 34.0 Å². The molecule has 35 heavy (non-hydrogen) atoms. The highest BCUT2D eigenvalue weighted by atomic mass is 16.6. The molecular weight excluding hydrogens is 456 g/mol. The van der Waals surface area contributed by atoms with Crippen LogP contribution < -0.4 is 0 Å². The van der Waals surface area contributed by atoms with Gasteiger partial charge in [0.15, 0.2) is 5.78 Å². The number of rotatable bonds is 3. The molecule has 5 fully saturated rings. The molecule has 190 valence electrons. The molecule has 0 aromatic rings. The highest BCUT2D eigenvalue weighted by Gasteiger charge is 2.82. The lowest BCUT2D eigenvalue weighted by Gasteiger charge is -2.67. The number of hydrogen-bond acceptors (Lipinski definition) is 9. The predicted molar refractivity (Wildman–Crippen MR) is 118 cm³/mol. The van der Waals surface area contributed by atoms with E-state index in [1.165, 1.54) is 20.8 Å². The van der Waals surface area contributed by atoms with Crippen LogP contribution in [0.3, 0.4) is 0 Å². The zero-order chi connectivity index (χ0) is 25.5. The predicted octanol–water partition coefficient (Wildman–Crippen LogP) is 2.30. The number of Topliss-reactive ketones (excluding diaryl/α,β-unsaturated/α-hetero) is 1. The highest BCUT2D eigenvalue weighted by Crippen LogP contribution is 2.73. The normalized spacial score (nSPS) is 45.5. The summed E-state index contributed by atoms with van der Waals surface area (Å²) in [5.74, 6) is -4.29. The molecule has 1 heterocycles. The fraction of sp³-hybridized carbons (Fsp3) is 0.731. The lowest BCUT2D eigenvalue weighted by atomic mass is 9.38. The summed E-state index contributed by atoms with van der Waals surface area (Å²) < 4.78 is 23.3. The minimum absolute atomic E-state index is 0.180. The number of fused-ring (bicyclic) bond motifs is 1. The number of ketones is 1.